The van der Waals surface area contributed by atoms with Gasteiger partial charge >= 0.3 is 6.18 Å². The minimum Gasteiger partial charge on any atom is -0.368 e. The van der Waals surface area contributed by atoms with Crippen molar-refractivity contribution in [3.63, 3.8) is 0 Å². The van der Waals surface area contributed by atoms with Crippen LogP contribution in [0.1, 0.15) is 16.8 Å². The van der Waals surface area contributed by atoms with E-state index >= 15 is 0 Å². The van der Waals surface area contributed by atoms with Crippen LogP contribution in [0.15, 0.2) is 23.4 Å². The predicted molar refractivity (Wildman–Crippen MR) is 65.7 cm³/mol. The quantitative estimate of drug-likeness (QED) is 0.685. The summed E-state index contributed by atoms with van der Waals surface area (Å²) in [5.41, 5.74) is 3.94. The van der Waals surface area contributed by atoms with Gasteiger partial charge in [-0.05, 0) is 19.1 Å². The van der Waals surface area contributed by atoms with Crippen LogP contribution < -0.4 is 5.73 Å². The molecule has 2 N–H and O–H groups in total. The van der Waals surface area contributed by atoms with Crippen LogP contribution in [0.4, 0.5) is 27.9 Å². The molecule has 0 fully saturated rings. The highest BCUT2D eigenvalue weighted by atomic mass is 19.4. The summed E-state index contributed by atoms with van der Waals surface area (Å²) in [6, 6.07) is 1.07. The molecule has 0 unspecified atom stereocenters. The van der Waals surface area contributed by atoms with E-state index in [1.54, 1.807) is 6.92 Å². The van der Waals surface area contributed by atoms with E-state index in [0.717, 1.165) is 10.9 Å². The molecule has 0 radical (unpaired) electrons. The molecule has 0 bridgehead atoms. The van der Waals surface area contributed by atoms with Crippen LogP contribution in [0.25, 0.3) is 0 Å². The van der Waals surface area contributed by atoms with Crippen molar-refractivity contribution in [3.05, 3.63) is 46.8 Å². The lowest BCUT2D eigenvalue weighted by atomic mass is 10.1. The minimum absolute atomic E-state index is 0.0385. The largest absolute Gasteiger partial charge is 0.422 e. The van der Waals surface area contributed by atoms with Crippen LogP contribution in [-0.4, -0.2) is 15.9 Å². The van der Waals surface area contributed by atoms with E-state index in [1.807, 2.05) is 0 Å². The fourth-order valence-electron chi connectivity index (χ4n) is 1.66. The molecule has 2 rings (SSSR count). The van der Waals surface area contributed by atoms with Gasteiger partial charge in [0.25, 0.3) is 0 Å². The van der Waals surface area contributed by atoms with Crippen LogP contribution in [0.2, 0.25) is 0 Å². The number of rotatable bonds is 2. The molecule has 112 valence electrons. The summed E-state index contributed by atoms with van der Waals surface area (Å²) in [6.45, 7) is 1.65. The lowest BCUT2D eigenvalue weighted by Crippen LogP contribution is -2.12. The maximum atomic E-state index is 13.4. The number of hydrogen-bond acceptors (Lipinski definition) is 3. The molecule has 0 atom stereocenters. The number of benzene rings is 1. The van der Waals surface area contributed by atoms with E-state index in [0.29, 0.717) is 17.8 Å². The highest BCUT2D eigenvalue weighted by Crippen LogP contribution is 2.33. The highest BCUT2D eigenvalue weighted by Gasteiger charge is 2.37. The van der Waals surface area contributed by atoms with Gasteiger partial charge in [0.2, 0.25) is 5.95 Å². The summed E-state index contributed by atoms with van der Waals surface area (Å²) in [4.78, 5) is 3.83. The summed E-state index contributed by atoms with van der Waals surface area (Å²) in [5, 5.41) is 3.76. The summed E-state index contributed by atoms with van der Waals surface area (Å²) in [7, 11) is 0. The van der Waals surface area contributed by atoms with E-state index in [-0.39, 0.29) is 11.5 Å². The normalized spacial score (nSPS) is 12.3. The van der Waals surface area contributed by atoms with Gasteiger partial charge in [-0.2, -0.15) is 18.3 Å². The van der Waals surface area contributed by atoms with Crippen LogP contribution in [-0.2, 0) is 6.18 Å². The molecule has 0 saturated heterocycles. The fraction of sp³-hybridized carbons (Fsp3) is 0.167. The number of nitrogens with zero attached hydrogens (tertiary/aromatic N) is 3. The van der Waals surface area contributed by atoms with Crippen molar-refractivity contribution in [2.75, 3.05) is 5.73 Å². The van der Waals surface area contributed by atoms with E-state index in [1.165, 1.54) is 6.20 Å². The van der Waals surface area contributed by atoms with Gasteiger partial charge in [0, 0.05) is 5.56 Å². The van der Waals surface area contributed by atoms with E-state index < -0.39 is 23.4 Å². The first-order valence-corrected chi connectivity index (χ1v) is 5.60. The van der Waals surface area contributed by atoms with E-state index in [4.69, 9.17) is 5.73 Å². The van der Waals surface area contributed by atoms with Crippen molar-refractivity contribution in [2.24, 2.45) is 5.10 Å². The SMILES string of the molecule is Cc1cn(N=Cc2cc(F)c(C(F)(F)F)c(F)c2)c(N)n1. The smallest absolute Gasteiger partial charge is 0.368 e. The van der Waals surface area contributed by atoms with Gasteiger partial charge in [-0.25, -0.2) is 18.4 Å². The molecule has 0 aliphatic rings. The van der Waals surface area contributed by atoms with E-state index in [9.17, 15) is 22.0 Å². The zero-order valence-electron chi connectivity index (χ0n) is 10.6. The van der Waals surface area contributed by atoms with Crippen molar-refractivity contribution in [2.45, 2.75) is 13.1 Å². The van der Waals surface area contributed by atoms with Crippen molar-refractivity contribution >= 4 is 12.2 Å². The number of hydrogen-bond donors (Lipinski definition) is 1. The number of nitrogens with two attached hydrogens (primary N) is 1. The number of nitrogen functional groups attached to an aromatic ring is 1. The van der Waals surface area contributed by atoms with Crippen LogP contribution in [0, 0.1) is 18.6 Å². The first kappa shape index (κ1) is 14.9. The van der Waals surface area contributed by atoms with Gasteiger partial charge in [0.1, 0.15) is 17.2 Å². The maximum Gasteiger partial charge on any atom is 0.422 e. The second-order valence-corrected chi connectivity index (χ2v) is 4.19. The van der Waals surface area contributed by atoms with E-state index in [2.05, 4.69) is 10.1 Å². The Morgan fingerprint density at radius 3 is 2.24 bits per heavy atom. The number of aryl methyl sites for hydroxylation is 1. The van der Waals surface area contributed by atoms with Crippen molar-refractivity contribution in [1.82, 2.24) is 9.66 Å². The zero-order valence-corrected chi connectivity index (χ0v) is 10.6. The Balaban J connectivity index is 2.37. The lowest BCUT2D eigenvalue weighted by molar-refractivity contribution is -0.142. The zero-order chi connectivity index (χ0) is 15.8. The predicted octanol–water partition coefficient (Wildman–Crippen LogP) is 2.95. The summed E-state index contributed by atoms with van der Waals surface area (Å²) < 4.78 is 65.0. The Hall–Kier alpha value is -2.45. The average Bonchev–Trinajstić information content (AvgIpc) is 2.62. The number of halogens is 5. The second kappa shape index (κ2) is 5.15. The van der Waals surface area contributed by atoms with Crippen molar-refractivity contribution in [1.29, 1.82) is 0 Å². The monoisotopic (exact) mass is 304 g/mol. The number of alkyl halides is 3. The third-order valence-corrected chi connectivity index (χ3v) is 2.51. The summed E-state index contributed by atoms with van der Waals surface area (Å²) in [5.74, 6) is -3.38. The average molecular weight is 304 g/mol. The Bertz CT molecular complexity index is 679. The molecule has 0 aliphatic carbocycles. The standard InChI is InChI=1S/C12H9F5N4/c1-6-5-21(11(18)20-6)19-4-7-2-8(13)10(9(14)3-7)12(15,16)17/h2-5H,1H3,(H2,18,20). The molecule has 9 heteroatoms. The second-order valence-electron chi connectivity index (χ2n) is 4.19. The van der Waals surface area contributed by atoms with Crippen LogP contribution in [0.3, 0.4) is 0 Å². The summed E-state index contributed by atoms with van der Waals surface area (Å²) >= 11 is 0. The molecule has 2 aromatic rings. The van der Waals surface area contributed by atoms with Crippen molar-refractivity contribution < 1.29 is 22.0 Å². The Morgan fingerprint density at radius 2 is 1.81 bits per heavy atom. The number of anilines is 1. The molecule has 1 aromatic heterocycles. The van der Waals surface area contributed by atoms with Gasteiger partial charge in [0.05, 0.1) is 18.1 Å². The first-order chi connectivity index (χ1) is 9.68. The minimum atomic E-state index is -5.10. The molecule has 0 amide bonds. The van der Waals surface area contributed by atoms with Crippen molar-refractivity contribution in [3.8, 4) is 0 Å². The van der Waals surface area contributed by atoms with Gasteiger partial charge in [0.15, 0.2) is 0 Å². The molecule has 4 nitrogen and oxygen atoms in total. The van der Waals surface area contributed by atoms with Gasteiger partial charge < -0.3 is 5.73 Å². The Labute approximate surface area is 115 Å². The molecular weight excluding hydrogens is 295 g/mol. The number of imidazole rings is 1. The molecule has 0 spiro atoms. The Morgan fingerprint density at radius 1 is 1.24 bits per heavy atom. The first-order valence-electron chi connectivity index (χ1n) is 5.60. The molecular formula is C12H9F5N4. The Kier molecular flexibility index (Phi) is 3.67. The third-order valence-electron chi connectivity index (χ3n) is 2.51. The molecule has 21 heavy (non-hydrogen) atoms. The molecule has 1 aromatic carbocycles. The molecule has 0 saturated carbocycles. The number of aromatic nitrogens is 2. The highest BCUT2D eigenvalue weighted by molar-refractivity contribution is 5.79. The van der Waals surface area contributed by atoms with Crippen LogP contribution in [0.5, 0.6) is 0 Å². The summed E-state index contributed by atoms with van der Waals surface area (Å²) in [6.07, 6.45) is -2.68. The van der Waals surface area contributed by atoms with Gasteiger partial charge in [-0.1, -0.05) is 0 Å². The third kappa shape index (κ3) is 3.18. The topological polar surface area (TPSA) is 56.2 Å². The molecule has 0 aliphatic heterocycles. The fourth-order valence-corrected chi connectivity index (χ4v) is 1.66. The maximum absolute atomic E-state index is 13.4. The van der Waals surface area contributed by atoms with Gasteiger partial charge in [-0.3, -0.25) is 0 Å². The lowest BCUT2D eigenvalue weighted by Gasteiger charge is -2.09. The van der Waals surface area contributed by atoms with Crippen LogP contribution >= 0.6 is 0 Å². The molecule has 1 heterocycles. The van der Waals surface area contributed by atoms with Gasteiger partial charge in [-0.15, -0.1) is 0 Å².